The first-order valence-corrected chi connectivity index (χ1v) is 9.14. The summed E-state index contributed by atoms with van der Waals surface area (Å²) in [4.78, 5) is 17.0. The van der Waals surface area contributed by atoms with Crippen molar-refractivity contribution in [3.8, 4) is 0 Å². The van der Waals surface area contributed by atoms with E-state index in [0.29, 0.717) is 18.2 Å². The molecule has 0 aliphatic carbocycles. The number of nitrogens with one attached hydrogen (secondary N) is 1. The van der Waals surface area contributed by atoms with Gasteiger partial charge in [0.15, 0.2) is 0 Å². The Bertz CT molecular complexity index is 914. The van der Waals surface area contributed by atoms with E-state index >= 15 is 0 Å². The highest BCUT2D eigenvalue weighted by atomic mass is 16.1. The number of carbonyl (C=O) groups excluding carboxylic acids is 1. The van der Waals surface area contributed by atoms with E-state index < -0.39 is 0 Å². The molecule has 1 unspecified atom stereocenters. The Morgan fingerprint density at radius 1 is 1.15 bits per heavy atom. The maximum Gasteiger partial charge on any atom is 0.271 e. The zero-order valence-electron chi connectivity index (χ0n) is 15.0. The summed E-state index contributed by atoms with van der Waals surface area (Å²) in [6, 6.07) is 18.5. The second-order valence-corrected chi connectivity index (χ2v) is 6.96. The van der Waals surface area contributed by atoms with Gasteiger partial charge in [0.25, 0.3) is 5.91 Å². The third kappa shape index (κ3) is 3.40. The molecule has 1 amide bonds. The first kappa shape index (κ1) is 16.6. The number of rotatable bonds is 4. The highest BCUT2D eigenvalue weighted by molar-refractivity contribution is 5.92. The minimum Gasteiger partial charge on any atom is -0.347 e. The summed E-state index contributed by atoms with van der Waals surface area (Å²) in [6.07, 6.45) is 3.89. The Hall–Kier alpha value is -2.88. The summed E-state index contributed by atoms with van der Waals surface area (Å²) in [5.41, 5.74) is 4.34. The van der Waals surface area contributed by atoms with Crippen LogP contribution in [-0.2, 0) is 19.5 Å². The van der Waals surface area contributed by atoms with Gasteiger partial charge in [-0.2, -0.15) is 0 Å². The Morgan fingerprint density at radius 2 is 1.92 bits per heavy atom. The molecule has 0 radical (unpaired) electrons. The van der Waals surface area contributed by atoms with Gasteiger partial charge in [-0.25, -0.2) is 4.98 Å². The number of benzene rings is 2. The Balaban J connectivity index is 1.46. The maximum absolute atomic E-state index is 12.5. The average Bonchev–Trinajstić information content (AvgIpc) is 3.11. The zero-order valence-corrected chi connectivity index (χ0v) is 15.0. The number of fused-ring (bicyclic) bond motifs is 1. The van der Waals surface area contributed by atoms with E-state index in [2.05, 4.69) is 46.1 Å². The molecule has 1 atom stereocenters. The Labute approximate surface area is 153 Å². The molecule has 0 spiro atoms. The van der Waals surface area contributed by atoms with Gasteiger partial charge in [0, 0.05) is 31.6 Å². The Kier molecular flexibility index (Phi) is 4.57. The van der Waals surface area contributed by atoms with Gasteiger partial charge >= 0.3 is 0 Å². The fourth-order valence-electron chi connectivity index (χ4n) is 3.72. The number of aromatic nitrogens is 2. The molecule has 1 N–H and O–H groups in total. The van der Waals surface area contributed by atoms with Crippen LogP contribution in [0.15, 0.2) is 60.8 Å². The van der Waals surface area contributed by atoms with Crippen molar-refractivity contribution in [1.82, 2.24) is 14.9 Å². The predicted molar refractivity (Wildman–Crippen MR) is 102 cm³/mol. The highest BCUT2D eigenvalue weighted by Crippen LogP contribution is 2.30. The van der Waals surface area contributed by atoms with Crippen molar-refractivity contribution >= 4 is 5.91 Å². The molecule has 0 saturated heterocycles. The van der Waals surface area contributed by atoms with E-state index in [9.17, 15) is 4.79 Å². The van der Waals surface area contributed by atoms with E-state index in [-0.39, 0.29) is 5.91 Å². The van der Waals surface area contributed by atoms with Gasteiger partial charge in [0.05, 0.1) is 0 Å². The molecule has 0 saturated carbocycles. The van der Waals surface area contributed by atoms with Gasteiger partial charge in [0.1, 0.15) is 11.5 Å². The summed E-state index contributed by atoms with van der Waals surface area (Å²) in [5, 5.41) is 2.96. The molecule has 0 bridgehead atoms. The minimum atomic E-state index is -0.108. The summed E-state index contributed by atoms with van der Waals surface area (Å²) < 4.78 is 2.15. The third-order valence-corrected chi connectivity index (χ3v) is 5.15. The van der Waals surface area contributed by atoms with Crippen LogP contribution in [0.1, 0.15) is 45.3 Å². The van der Waals surface area contributed by atoms with Crippen molar-refractivity contribution in [3.63, 3.8) is 0 Å². The molecular formula is C22H23N3O. The predicted octanol–water partition coefficient (Wildman–Crippen LogP) is 3.85. The number of aryl methyl sites for hydroxylation is 2. The van der Waals surface area contributed by atoms with Crippen molar-refractivity contribution < 1.29 is 4.79 Å². The van der Waals surface area contributed by atoms with Crippen LogP contribution in [0.5, 0.6) is 0 Å². The number of carbonyl (C=O) groups is 1. The van der Waals surface area contributed by atoms with Crippen LogP contribution in [0, 0.1) is 6.92 Å². The smallest absolute Gasteiger partial charge is 0.271 e. The van der Waals surface area contributed by atoms with Crippen LogP contribution < -0.4 is 5.32 Å². The average molecular weight is 345 g/mol. The Morgan fingerprint density at radius 3 is 2.73 bits per heavy atom. The third-order valence-electron chi connectivity index (χ3n) is 5.15. The molecule has 1 aliphatic rings. The number of amides is 1. The second kappa shape index (κ2) is 7.16. The van der Waals surface area contributed by atoms with E-state index in [0.717, 1.165) is 30.8 Å². The quantitative estimate of drug-likeness (QED) is 0.781. The summed E-state index contributed by atoms with van der Waals surface area (Å²) in [7, 11) is 0. The molecule has 4 rings (SSSR count). The molecule has 0 fully saturated rings. The van der Waals surface area contributed by atoms with Gasteiger partial charge in [-0.3, -0.25) is 4.79 Å². The second-order valence-electron chi connectivity index (χ2n) is 6.96. The lowest BCUT2D eigenvalue weighted by Crippen LogP contribution is -2.23. The van der Waals surface area contributed by atoms with Gasteiger partial charge < -0.3 is 9.88 Å². The number of nitrogens with zero attached hydrogens (tertiary/aromatic N) is 2. The lowest BCUT2D eigenvalue weighted by Gasteiger charge is -2.25. The van der Waals surface area contributed by atoms with Crippen molar-refractivity contribution in [2.45, 2.75) is 38.8 Å². The van der Waals surface area contributed by atoms with Gasteiger partial charge in [0.2, 0.25) is 0 Å². The molecular weight excluding hydrogens is 322 g/mol. The molecule has 1 aliphatic heterocycles. The normalized spacial score (nSPS) is 16.1. The van der Waals surface area contributed by atoms with Gasteiger partial charge in [-0.15, -0.1) is 0 Å². The van der Waals surface area contributed by atoms with Crippen LogP contribution in [0.3, 0.4) is 0 Å². The standard InChI is InChI=1S/C22H23N3O/c1-16-7-5-6-10-19(16)18-11-12-21-24-20(15-25(21)14-18)22(26)23-13-17-8-3-2-4-9-17/h2-10,15,18H,11-14H2,1H3,(H,23,26). The molecule has 132 valence electrons. The molecule has 2 aromatic carbocycles. The van der Waals surface area contributed by atoms with E-state index in [1.165, 1.54) is 11.1 Å². The van der Waals surface area contributed by atoms with Crippen LogP contribution in [0.2, 0.25) is 0 Å². The van der Waals surface area contributed by atoms with Crippen molar-refractivity contribution in [2.75, 3.05) is 0 Å². The zero-order chi connectivity index (χ0) is 17.9. The maximum atomic E-state index is 12.5. The highest BCUT2D eigenvalue weighted by Gasteiger charge is 2.24. The summed E-state index contributed by atoms with van der Waals surface area (Å²) >= 11 is 0. The molecule has 4 nitrogen and oxygen atoms in total. The van der Waals surface area contributed by atoms with Crippen molar-refractivity contribution in [1.29, 1.82) is 0 Å². The van der Waals surface area contributed by atoms with Crippen LogP contribution in [-0.4, -0.2) is 15.5 Å². The van der Waals surface area contributed by atoms with Crippen molar-refractivity contribution in [2.24, 2.45) is 0 Å². The lowest BCUT2D eigenvalue weighted by atomic mass is 9.89. The molecule has 3 aromatic rings. The summed E-state index contributed by atoms with van der Waals surface area (Å²) in [5.74, 6) is 1.39. The van der Waals surface area contributed by atoms with Crippen molar-refractivity contribution in [3.05, 3.63) is 89.0 Å². The van der Waals surface area contributed by atoms with E-state index in [4.69, 9.17) is 0 Å². The largest absolute Gasteiger partial charge is 0.347 e. The number of hydrogen-bond acceptors (Lipinski definition) is 2. The molecule has 26 heavy (non-hydrogen) atoms. The van der Waals surface area contributed by atoms with E-state index in [1.807, 2.05) is 36.5 Å². The van der Waals surface area contributed by atoms with E-state index in [1.54, 1.807) is 0 Å². The molecule has 4 heteroatoms. The van der Waals surface area contributed by atoms with Crippen LogP contribution >= 0.6 is 0 Å². The monoisotopic (exact) mass is 345 g/mol. The first-order chi connectivity index (χ1) is 12.7. The topological polar surface area (TPSA) is 46.9 Å². The minimum absolute atomic E-state index is 0.108. The first-order valence-electron chi connectivity index (χ1n) is 9.14. The van der Waals surface area contributed by atoms with Gasteiger partial charge in [-0.05, 0) is 30.0 Å². The van der Waals surface area contributed by atoms with Gasteiger partial charge in [-0.1, -0.05) is 54.6 Å². The number of hydrogen-bond donors (Lipinski definition) is 1. The lowest BCUT2D eigenvalue weighted by molar-refractivity contribution is 0.0946. The van der Waals surface area contributed by atoms with Crippen LogP contribution in [0.25, 0.3) is 0 Å². The molecule has 2 heterocycles. The fraction of sp³-hybridized carbons (Fsp3) is 0.273. The SMILES string of the molecule is Cc1ccccc1C1CCc2nc(C(=O)NCc3ccccc3)cn2C1. The molecule has 1 aromatic heterocycles. The summed E-state index contributed by atoms with van der Waals surface area (Å²) in [6.45, 7) is 3.58. The fourth-order valence-corrected chi connectivity index (χ4v) is 3.72. The van der Waals surface area contributed by atoms with Crippen LogP contribution in [0.4, 0.5) is 0 Å². The number of imidazole rings is 1.